The van der Waals surface area contributed by atoms with Gasteiger partial charge in [0.1, 0.15) is 18.1 Å². The van der Waals surface area contributed by atoms with Gasteiger partial charge in [0.2, 0.25) is 23.6 Å². The molecule has 2 fully saturated rings. The number of H-pyrrole nitrogens is 1. The molecule has 2 saturated heterocycles. The molecule has 3 aromatic carbocycles. The van der Waals surface area contributed by atoms with E-state index in [-0.39, 0.29) is 49.6 Å². The van der Waals surface area contributed by atoms with Gasteiger partial charge in [-0.2, -0.15) is 0 Å². The summed E-state index contributed by atoms with van der Waals surface area (Å²) in [5.74, 6) is -1.19. The third-order valence-corrected chi connectivity index (χ3v) is 10.2. The van der Waals surface area contributed by atoms with E-state index in [0.717, 1.165) is 27.6 Å². The van der Waals surface area contributed by atoms with Crippen molar-refractivity contribution < 1.29 is 19.2 Å². The van der Waals surface area contributed by atoms with Crippen molar-refractivity contribution >= 4 is 46.1 Å². The standard InChI is InChI=1S/C39H45ClN6O4/c1-25(2)20-33(36(41)47)45-18-19-46(34(38(45)49)22-26-8-4-3-5-9-26)39(50)35(23-28-24-43-31-11-7-6-10-30(28)31)44-17-16-42-32(37(44)48)21-27-12-14-29(40)15-13-27/h3-15,24-25,32-35,42-43H,16-23H2,1-2H3,(H2,41,47)/t32-,33-,34-,35-/m0/s1. The van der Waals surface area contributed by atoms with Crippen LogP contribution in [-0.2, 0) is 38.4 Å². The molecule has 0 radical (unpaired) electrons. The maximum absolute atomic E-state index is 15.1. The lowest BCUT2D eigenvalue weighted by Crippen LogP contribution is -2.67. The van der Waals surface area contributed by atoms with Crippen molar-refractivity contribution in [3.8, 4) is 0 Å². The minimum atomic E-state index is -0.874. The Kier molecular flexibility index (Phi) is 10.9. The summed E-state index contributed by atoms with van der Waals surface area (Å²) in [7, 11) is 0. The number of amides is 4. The van der Waals surface area contributed by atoms with Crippen LogP contribution in [0.4, 0.5) is 0 Å². The maximum atomic E-state index is 15.1. The van der Waals surface area contributed by atoms with Crippen LogP contribution in [0.15, 0.2) is 85.1 Å². The fraction of sp³-hybridized carbons (Fsp3) is 0.385. The van der Waals surface area contributed by atoms with Crippen LogP contribution in [0, 0.1) is 5.92 Å². The monoisotopic (exact) mass is 696 g/mol. The molecule has 1 aromatic heterocycles. The van der Waals surface area contributed by atoms with E-state index in [9.17, 15) is 14.4 Å². The third-order valence-electron chi connectivity index (χ3n) is 9.91. The molecule has 11 heteroatoms. The van der Waals surface area contributed by atoms with Gasteiger partial charge in [-0.15, -0.1) is 0 Å². The number of carbonyl (C=O) groups is 4. The zero-order valence-electron chi connectivity index (χ0n) is 28.6. The molecule has 0 saturated carbocycles. The molecule has 6 rings (SSSR count). The lowest BCUT2D eigenvalue weighted by molar-refractivity contribution is -0.160. The van der Waals surface area contributed by atoms with Crippen molar-refractivity contribution in [3.05, 3.63) is 107 Å². The van der Waals surface area contributed by atoms with Crippen molar-refractivity contribution in [2.45, 2.75) is 63.7 Å². The molecule has 3 heterocycles. The zero-order valence-corrected chi connectivity index (χ0v) is 29.3. The number of primary amides is 1. The number of nitrogens with one attached hydrogen (secondary N) is 2. The van der Waals surface area contributed by atoms with Crippen LogP contribution in [0.5, 0.6) is 0 Å². The summed E-state index contributed by atoms with van der Waals surface area (Å²) in [5.41, 5.74) is 9.55. The number of fused-ring (bicyclic) bond motifs is 1. The molecular formula is C39H45ClN6O4. The van der Waals surface area contributed by atoms with Crippen LogP contribution in [0.25, 0.3) is 10.9 Å². The van der Waals surface area contributed by atoms with Crippen molar-refractivity contribution in [1.29, 1.82) is 0 Å². The number of carbonyl (C=O) groups excluding carboxylic acids is 4. The Balaban J connectivity index is 1.35. The summed E-state index contributed by atoms with van der Waals surface area (Å²) in [6.45, 7) is 5.21. The quantitative estimate of drug-likeness (QED) is 0.207. The summed E-state index contributed by atoms with van der Waals surface area (Å²) in [6, 6.07) is 21.8. The van der Waals surface area contributed by atoms with E-state index in [1.165, 1.54) is 0 Å². The van der Waals surface area contributed by atoms with Crippen molar-refractivity contribution in [3.63, 3.8) is 0 Å². The van der Waals surface area contributed by atoms with Gasteiger partial charge in [-0.25, -0.2) is 0 Å². The first-order valence-corrected chi connectivity index (χ1v) is 17.8. The van der Waals surface area contributed by atoms with Gasteiger partial charge in [-0.05, 0) is 53.6 Å². The molecule has 2 aliphatic rings. The van der Waals surface area contributed by atoms with E-state index < -0.39 is 30.1 Å². The maximum Gasteiger partial charge on any atom is 0.246 e. The summed E-state index contributed by atoms with van der Waals surface area (Å²) < 4.78 is 0. The van der Waals surface area contributed by atoms with E-state index in [2.05, 4.69) is 10.3 Å². The minimum Gasteiger partial charge on any atom is -0.368 e. The Morgan fingerprint density at radius 1 is 0.840 bits per heavy atom. The highest BCUT2D eigenvalue weighted by Gasteiger charge is 2.46. The lowest BCUT2D eigenvalue weighted by Gasteiger charge is -2.46. The van der Waals surface area contributed by atoms with Crippen molar-refractivity contribution in [1.82, 2.24) is 25.0 Å². The van der Waals surface area contributed by atoms with Gasteiger partial charge in [-0.1, -0.05) is 86.1 Å². The van der Waals surface area contributed by atoms with Crippen molar-refractivity contribution in [2.24, 2.45) is 11.7 Å². The number of nitrogens with two attached hydrogens (primary N) is 1. The number of para-hydroxylation sites is 1. The summed E-state index contributed by atoms with van der Waals surface area (Å²) in [6.07, 6.45) is 3.31. The molecule has 4 aromatic rings. The van der Waals surface area contributed by atoms with Gasteiger partial charge >= 0.3 is 0 Å². The van der Waals surface area contributed by atoms with Crippen molar-refractivity contribution in [2.75, 3.05) is 26.2 Å². The van der Waals surface area contributed by atoms with Gasteiger partial charge in [0.05, 0.1) is 6.04 Å². The van der Waals surface area contributed by atoms with Crippen LogP contribution in [0.3, 0.4) is 0 Å². The van der Waals surface area contributed by atoms with Gasteiger partial charge in [0, 0.05) is 61.1 Å². The van der Waals surface area contributed by atoms with E-state index in [0.29, 0.717) is 31.0 Å². The van der Waals surface area contributed by atoms with Crippen LogP contribution < -0.4 is 11.1 Å². The summed E-state index contributed by atoms with van der Waals surface area (Å²) in [4.78, 5) is 64.7. The molecular weight excluding hydrogens is 652 g/mol. The molecule has 50 heavy (non-hydrogen) atoms. The fourth-order valence-electron chi connectivity index (χ4n) is 7.37. The highest BCUT2D eigenvalue weighted by molar-refractivity contribution is 6.30. The number of rotatable bonds is 12. The summed E-state index contributed by atoms with van der Waals surface area (Å²) in [5, 5.41) is 4.95. The van der Waals surface area contributed by atoms with Gasteiger partial charge < -0.3 is 30.7 Å². The average Bonchev–Trinajstić information content (AvgIpc) is 3.52. The van der Waals surface area contributed by atoms with E-state index >= 15 is 4.79 Å². The predicted octanol–water partition coefficient (Wildman–Crippen LogP) is 3.96. The van der Waals surface area contributed by atoms with Crippen LogP contribution >= 0.6 is 11.6 Å². The average molecular weight is 697 g/mol. The number of hydrogen-bond acceptors (Lipinski definition) is 5. The smallest absolute Gasteiger partial charge is 0.246 e. The topological polar surface area (TPSA) is 132 Å². The number of aromatic nitrogens is 1. The molecule has 4 N–H and O–H groups in total. The minimum absolute atomic E-state index is 0.132. The third kappa shape index (κ3) is 7.71. The van der Waals surface area contributed by atoms with Crippen LogP contribution in [-0.4, -0.2) is 93.7 Å². The number of hydrogen-bond donors (Lipinski definition) is 3. The van der Waals surface area contributed by atoms with Gasteiger partial charge in [0.15, 0.2) is 0 Å². The second-order valence-corrected chi connectivity index (χ2v) is 14.2. The molecule has 0 spiro atoms. The number of piperazine rings is 2. The lowest BCUT2D eigenvalue weighted by atomic mass is 9.94. The van der Waals surface area contributed by atoms with E-state index in [1.807, 2.05) is 86.8 Å². The van der Waals surface area contributed by atoms with Gasteiger partial charge in [0.25, 0.3) is 0 Å². The van der Waals surface area contributed by atoms with Crippen LogP contribution in [0.2, 0.25) is 5.02 Å². The van der Waals surface area contributed by atoms with Gasteiger partial charge in [-0.3, -0.25) is 19.2 Å². The fourth-order valence-corrected chi connectivity index (χ4v) is 7.50. The number of aromatic amines is 1. The Morgan fingerprint density at radius 2 is 1.52 bits per heavy atom. The molecule has 10 nitrogen and oxygen atoms in total. The molecule has 0 unspecified atom stereocenters. The first kappa shape index (κ1) is 35.2. The number of benzene rings is 3. The summed E-state index contributed by atoms with van der Waals surface area (Å²) >= 11 is 6.12. The first-order valence-electron chi connectivity index (χ1n) is 17.4. The second kappa shape index (κ2) is 15.5. The molecule has 262 valence electrons. The number of halogens is 1. The number of nitrogens with zero attached hydrogens (tertiary/aromatic N) is 3. The highest BCUT2D eigenvalue weighted by Crippen LogP contribution is 2.27. The largest absolute Gasteiger partial charge is 0.368 e. The molecule has 0 aliphatic carbocycles. The SMILES string of the molecule is CC(C)C[C@@H](C(N)=O)N1CCN(C(=O)[C@H](Cc2c[nH]c3ccccc23)N2CCN[C@@H](Cc3ccc(Cl)cc3)C2=O)[C@@H](Cc2ccccc2)C1=O. The highest BCUT2D eigenvalue weighted by atomic mass is 35.5. The molecule has 4 amide bonds. The second-order valence-electron chi connectivity index (χ2n) is 13.8. The Morgan fingerprint density at radius 3 is 2.24 bits per heavy atom. The first-order chi connectivity index (χ1) is 24.1. The normalized spacial score (nSPS) is 19.6. The Bertz CT molecular complexity index is 1830. The van der Waals surface area contributed by atoms with E-state index in [1.54, 1.807) is 26.8 Å². The van der Waals surface area contributed by atoms with Crippen LogP contribution in [0.1, 0.15) is 37.0 Å². The van der Waals surface area contributed by atoms with E-state index in [4.69, 9.17) is 17.3 Å². The molecule has 4 atom stereocenters. The Labute approximate surface area is 297 Å². The molecule has 0 bridgehead atoms. The molecule has 2 aliphatic heterocycles. The predicted molar refractivity (Wildman–Crippen MR) is 194 cm³/mol. The Hall–Kier alpha value is -4.67. The zero-order chi connectivity index (χ0) is 35.4.